The number of hydrogen-bond donors (Lipinski definition) is 2. The third kappa shape index (κ3) is 4.32. The van der Waals surface area contributed by atoms with Crippen LogP contribution in [-0.2, 0) is 9.59 Å². The SMILES string of the molecule is COc1cccc(N2C(=O)C(=O)/C(=C(/O)c3cccc(OC(C)C)c3)C2c2cccc(O)c2)c1. The lowest BCUT2D eigenvalue weighted by Crippen LogP contribution is -2.29. The molecule has 2 N–H and O–H groups in total. The first-order valence-corrected chi connectivity index (χ1v) is 10.8. The van der Waals surface area contributed by atoms with E-state index in [1.54, 1.807) is 60.7 Å². The second kappa shape index (κ2) is 9.31. The van der Waals surface area contributed by atoms with Gasteiger partial charge < -0.3 is 19.7 Å². The van der Waals surface area contributed by atoms with Crippen LogP contribution in [-0.4, -0.2) is 35.1 Å². The number of carbonyl (C=O) groups is 2. The van der Waals surface area contributed by atoms with E-state index in [0.29, 0.717) is 28.3 Å². The van der Waals surface area contributed by atoms with Crippen molar-refractivity contribution in [1.29, 1.82) is 0 Å². The van der Waals surface area contributed by atoms with Crippen molar-refractivity contribution in [3.8, 4) is 17.2 Å². The van der Waals surface area contributed by atoms with Crippen molar-refractivity contribution in [3.05, 3.63) is 89.5 Å². The minimum absolute atomic E-state index is 0.0268. The number of rotatable bonds is 6. The number of phenols is 1. The minimum atomic E-state index is -0.964. The van der Waals surface area contributed by atoms with Gasteiger partial charge in [0.25, 0.3) is 11.7 Å². The summed E-state index contributed by atoms with van der Waals surface area (Å²) in [5.41, 5.74) is 1.15. The predicted octanol–water partition coefficient (Wildman–Crippen LogP) is 4.81. The quantitative estimate of drug-likeness (QED) is 0.312. The van der Waals surface area contributed by atoms with E-state index in [1.807, 2.05) is 13.8 Å². The Bertz CT molecular complexity index is 1280. The van der Waals surface area contributed by atoms with Crippen molar-refractivity contribution in [2.75, 3.05) is 12.0 Å². The van der Waals surface area contributed by atoms with Crippen LogP contribution >= 0.6 is 0 Å². The van der Waals surface area contributed by atoms with E-state index in [4.69, 9.17) is 9.47 Å². The highest BCUT2D eigenvalue weighted by molar-refractivity contribution is 6.51. The second-order valence-electron chi connectivity index (χ2n) is 8.16. The average Bonchev–Trinajstić information content (AvgIpc) is 3.09. The standard InChI is InChI=1S/C27H25NO6/c1-16(2)34-22-12-5-8-18(14-22)25(30)23-24(17-7-4-10-20(29)13-17)28(27(32)26(23)31)19-9-6-11-21(15-19)33-3/h4-16,24,29-30H,1-3H3/b25-23+. The Balaban J connectivity index is 1.92. The number of Topliss-reactive ketones (excluding diaryl/α,β-unsaturated/α-hetero) is 1. The number of ketones is 1. The van der Waals surface area contributed by atoms with Gasteiger partial charge in [-0.25, -0.2) is 0 Å². The lowest BCUT2D eigenvalue weighted by atomic mass is 9.95. The van der Waals surface area contributed by atoms with Crippen LogP contribution in [0.15, 0.2) is 78.4 Å². The molecule has 0 aromatic heterocycles. The highest BCUT2D eigenvalue weighted by Gasteiger charge is 2.47. The van der Waals surface area contributed by atoms with Crippen LogP contribution < -0.4 is 14.4 Å². The summed E-state index contributed by atoms with van der Waals surface area (Å²) in [5, 5.41) is 21.4. The molecule has 1 unspecified atom stereocenters. The lowest BCUT2D eigenvalue weighted by molar-refractivity contribution is -0.132. The molecule has 3 aromatic rings. The van der Waals surface area contributed by atoms with Crippen molar-refractivity contribution in [2.45, 2.75) is 26.0 Å². The number of ether oxygens (including phenoxy) is 2. The summed E-state index contributed by atoms with van der Waals surface area (Å²) >= 11 is 0. The molecule has 174 valence electrons. The molecule has 7 nitrogen and oxygen atoms in total. The van der Waals surface area contributed by atoms with Gasteiger partial charge in [0.15, 0.2) is 0 Å². The number of hydrogen-bond acceptors (Lipinski definition) is 6. The van der Waals surface area contributed by atoms with Gasteiger partial charge in [-0.2, -0.15) is 0 Å². The summed E-state index contributed by atoms with van der Waals surface area (Å²) in [6, 6.07) is 18.8. The molecular formula is C27H25NO6. The third-order valence-corrected chi connectivity index (χ3v) is 5.44. The van der Waals surface area contributed by atoms with Gasteiger partial charge in [0.05, 0.1) is 24.8 Å². The zero-order valence-corrected chi connectivity index (χ0v) is 19.1. The fraction of sp³-hybridized carbons (Fsp3) is 0.185. The van der Waals surface area contributed by atoms with Gasteiger partial charge in [0.1, 0.15) is 23.0 Å². The van der Waals surface area contributed by atoms with Crippen LogP contribution in [0.1, 0.15) is 31.0 Å². The molecule has 1 amide bonds. The van der Waals surface area contributed by atoms with Crippen LogP contribution in [0, 0.1) is 0 Å². The third-order valence-electron chi connectivity index (χ3n) is 5.44. The number of carbonyl (C=O) groups excluding carboxylic acids is 2. The molecule has 4 rings (SSSR count). The fourth-order valence-electron chi connectivity index (χ4n) is 4.01. The number of anilines is 1. The van der Waals surface area contributed by atoms with Crippen LogP contribution in [0.3, 0.4) is 0 Å². The first-order chi connectivity index (χ1) is 16.3. The van der Waals surface area contributed by atoms with Gasteiger partial charge in [-0.1, -0.05) is 30.3 Å². The smallest absolute Gasteiger partial charge is 0.300 e. The van der Waals surface area contributed by atoms with Gasteiger partial charge in [-0.15, -0.1) is 0 Å². The number of aliphatic hydroxyl groups excluding tert-OH is 1. The summed E-state index contributed by atoms with van der Waals surface area (Å²) in [4.78, 5) is 27.8. The minimum Gasteiger partial charge on any atom is -0.508 e. The Labute approximate surface area is 197 Å². The zero-order valence-electron chi connectivity index (χ0n) is 19.1. The molecule has 1 aliphatic rings. The molecular weight excluding hydrogens is 434 g/mol. The molecule has 1 saturated heterocycles. The van der Waals surface area contributed by atoms with E-state index in [0.717, 1.165) is 0 Å². The van der Waals surface area contributed by atoms with Crippen molar-refractivity contribution in [3.63, 3.8) is 0 Å². The van der Waals surface area contributed by atoms with Crippen molar-refractivity contribution in [2.24, 2.45) is 0 Å². The van der Waals surface area contributed by atoms with Crippen molar-refractivity contribution >= 4 is 23.1 Å². The monoisotopic (exact) mass is 459 g/mol. The molecule has 7 heteroatoms. The molecule has 0 aliphatic carbocycles. The number of aromatic hydroxyl groups is 1. The highest BCUT2D eigenvalue weighted by atomic mass is 16.5. The summed E-state index contributed by atoms with van der Waals surface area (Å²) in [5.74, 6) is -0.948. The fourth-order valence-corrected chi connectivity index (χ4v) is 4.01. The average molecular weight is 459 g/mol. The number of nitrogens with zero attached hydrogens (tertiary/aromatic N) is 1. The maximum absolute atomic E-state index is 13.3. The normalized spacial score (nSPS) is 17.3. The number of amides is 1. The molecule has 34 heavy (non-hydrogen) atoms. The summed E-state index contributed by atoms with van der Waals surface area (Å²) in [7, 11) is 1.51. The summed E-state index contributed by atoms with van der Waals surface area (Å²) in [6.45, 7) is 3.77. The van der Waals surface area contributed by atoms with Gasteiger partial charge in [-0.3, -0.25) is 14.5 Å². The second-order valence-corrected chi connectivity index (χ2v) is 8.16. The number of methoxy groups -OCH3 is 1. The van der Waals surface area contributed by atoms with Crippen molar-refractivity contribution < 1.29 is 29.3 Å². The Morgan fingerprint density at radius 3 is 2.35 bits per heavy atom. The Morgan fingerprint density at radius 2 is 1.65 bits per heavy atom. The Morgan fingerprint density at radius 1 is 0.941 bits per heavy atom. The topological polar surface area (TPSA) is 96.3 Å². The van der Waals surface area contributed by atoms with E-state index < -0.39 is 17.7 Å². The van der Waals surface area contributed by atoms with E-state index in [9.17, 15) is 19.8 Å². The number of benzene rings is 3. The maximum Gasteiger partial charge on any atom is 0.300 e. The first-order valence-electron chi connectivity index (χ1n) is 10.8. The molecule has 0 spiro atoms. The van der Waals surface area contributed by atoms with Crippen LogP contribution in [0.4, 0.5) is 5.69 Å². The lowest BCUT2D eigenvalue weighted by Gasteiger charge is -2.26. The molecule has 0 bridgehead atoms. The molecule has 0 radical (unpaired) electrons. The first kappa shape index (κ1) is 22.9. The van der Waals surface area contributed by atoms with E-state index in [-0.39, 0.29) is 23.2 Å². The largest absolute Gasteiger partial charge is 0.508 e. The van der Waals surface area contributed by atoms with Crippen LogP contribution in [0.5, 0.6) is 17.2 Å². The molecule has 3 aromatic carbocycles. The number of aliphatic hydroxyl groups is 1. The van der Waals surface area contributed by atoms with E-state index in [1.165, 1.54) is 24.1 Å². The van der Waals surface area contributed by atoms with Crippen molar-refractivity contribution in [1.82, 2.24) is 0 Å². The molecule has 1 aliphatic heterocycles. The maximum atomic E-state index is 13.3. The Kier molecular flexibility index (Phi) is 6.27. The molecule has 1 heterocycles. The van der Waals surface area contributed by atoms with Crippen LogP contribution in [0.25, 0.3) is 5.76 Å². The van der Waals surface area contributed by atoms with Gasteiger partial charge in [0.2, 0.25) is 0 Å². The van der Waals surface area contributed by atoms with Gasteiger partial charge in [0, 0.05) is 17.3 Å². The summed E-state index contributed by atoms with van der Waals surface area (Å²) < 4.78 is 11.0. The van der Waals surface area contributed by atoms with E-state index in [2.05, 4.69) is 0 Å². The Hall–Kier alpha value is -4.26. The highest BCUT2D eigenvalue weighted by Crippen LogP contribution is 2.43. The summed E-state index contributed by atoms with van der Waals surface area (Å²) in [6.07, 6.45) is -0.0802. The zero-order chi connectivity index (χ0) is 24.4. The van der Waals surface area contributed by atoms with Gasteiger partial charge in [-0.05, 0) is 55.8 Å². The number of phenolic OH excluding ortho intramolecular Hbond substituents is 1. The predicted molar refractivity (Wildman–Crippen MR) is 128 cm³/mol. The molecule has 1 fully saturated rings. The molecule has 1 atom stereocenters. The van der Waals surface area contributed by atoms with Crippen LogP contribution in [0.2, 0.25) is 0 Å². The van der Waals surface area contributed by atoms with Gasteiger partial charge >= 0.3 is 0 Å². The van der Waals surface area contributed by atoms with E-state index >= 15 is 0 Å². The molecule has 0 saturated carbocycles.